The van der Waals surface area contributed by atoms with Crippen LogP contribution in [0, 0.1) is 0 Å². The summed E-state index contributed by atoms with van der Waals surface area (Å²) in [6, 6.07) is 1.68. The summed E-state index contributed by atoms with van der Waals surface area (Å²) in [5, 5.41) is 0. The van der Waals surface area contributed by atoms with Gasteiger partial charge in [0.05, 0.1) is 13.2 Å². The van der Waals surface area contributed by atoms with E-state index in [0.717, 1.165) is 38.1 Å². The summed E-state index contributed by atoms with van der Waals surface area (Å²) in [6.07, 6.45) is 16.5. The second-order valence-electron chi connectivity index (χ2n) is 7.13. The van der Waals surface area contributed by atoms with E-state index in [9.17, 15) is 0 Å². The van der Waals surface area contributed by atoms with E-state index >= 15 is 0 Å². The molecule has 3 heteroatoms. The van der Waals surface area contributed by atoms with Crippen LogP contribution in [0.2, 0.25) is 0 Å². The van der Waals surface area contributed by atoms with E-state index in [1.165, 1.54) is 70.8 Å². The maximum absolute atomic E-state index is 5.75. The van der Waals surface area contributed by atoms with Crippen molar-refractivity contribution in [1.29, 1.82) is 0 Å². The van der Waals surface area contributed by atoms with Gasteiger partial charge in [0.1, 0.15) is 0 Å². The molecule has 0 aromatic heterocycles. The Morgan fingerprint density at radius 1 is 0.667 bits per heavy atom. The Labute approximate surface area is 130 Å². The molecule has 3 fully saturated rings. The van der Waals surface area contributed by atoms with E-state index < -0.39 is 0 Å². The molecule has 0 unspecified atom stereocenters. The van der Waals surface area contributed by atoms with E-state index in [-0.39, 0.29) is 6.29 Å². The minimum Gasteiger partial charge on any atom is -0.353 e. The summed E-state index contributed by atoms with van der Waals surface area (Å²) in [5.74, 6) is 0. The van der Waals surface area contributed by atoms with Gasteiger partial charge in [0, 0.05) is 25.0 Å². The maximum atomic E-state index is 5.75. The Balaban J connectivity index is 1.54. The fourth-order valence-electron chi connectivity index (χ4n) is 4.45. The van der Waals surface area contributed by atoms with Crippen molar-refractivity contribution in [3.8, 4) is 0 Å². The molecule has 0 amide bonds. The second kappa shape index (κ2) is 8.50. The quantitative estimate of drug-likeness (QED) is 0.762. The molecule has 0 N–H and O–H groups in total. The second-order valence-corrected chi connectivity index (χ2v) is 7.13. The summed E-state index contributed by atoms with van der Waals surface area (Å²) in [4.78, 5) is 2.86. The smallest absolute Gasteiger partial charge is 0.158 e. The van der Waals surface area contributed by atoms with Crippen LogP contribution in [-0.2, 0) is 9.47 Å². The minimum absolute atomic E-state index is 0.0634. The molecule has 0 atom stereocenters. The molecule has 0 bridgehead atoms. The molecule has 0 spiro atoms. The summed E-state index contributed by atoms with van der Waals surface area (Å²) >= 11 is 0. The largest absolute Gasteiger partial charge is 0.353 e. The standard InChI is InChI=1S/C18H33NO2/c1-3-8-16(9-4-1)19(17-10-5-2-6-11-17)13-12-18-20-14-7-15-21-18/h16-18H,1-15H2. The monoisotopic (exact) mass is 295 g/mol. The summed E-state index contributed by atoms with van der Waals surface area (Å²) < 4.78 is 11.5. The van der Waals surface area contributed by atoms with Gasteiger partial charge in [0.25, 0.3) is 0 Å². The molecule has 1 aliphatic heterocycles. The van der Waals surface area contributed by atoms with E-state index in [0.29, 0.717) is 0 Å². The van der Waals surface area contributed by atoms with Crippen molar-refractivity contribution in [3.05, 3.63) is 0 Å². The lowest BCUT2D eigenvalue weighted by Gasteiger charge is -2.42. The van der Waals surface area contributed by atoms with Crippen molar-refractivity contribution in [3.63, 3.8) is 0 Å². The van der Waals surface area contributed by atoms with Gasteiger partial charge in [-0.25, -0.2) is 0 Å². The first kappa shape index (κ1) is 15.8. The fraction of sp³-hybridized carbons (Fsp3) is 1.00. The Bertz CT molecular complexity index is 261. The molecular formula is C18H33NO2. The number of rotatable bonds is 5. The van der Waals surface area contributed by atoms with Gasteiger partial charge in [-0.15, -0.1) is 0 Å². The molecule has 21 heavy (non-hydrogen) atoms. The van der Waals surface area contributed by atoms with E-state index in [2.05, 4.69) is 4.90 Å². The van der Waals surface area contributed by atoms with Gasteiger partial charge < -0.3 is 9.47 Å². The maximum Gasteiger partial charge on any atom is 0.158 e. The third kappa shape index (κ3) is 4.67. The van der Waals surface area contributed by atoms with Crippen LogP contribution in [0.3, 0.4) is 0 Å². The summed E-state index contributed by atoms with van der Waals surface area (Å²) in [5.41, 5.74) is 0. The number of hydrogen-bond acceptors (Lipinski definition) is 3. The highest BCUT2D eigenvalue weighted by atomic mass is 16.7. The van der Waals surface area contributed by atoms with Crippen LogP contribution < -0.4 is 0 Å². The Morgan fingerprint density at radius 2 is 1.19 bits per heavy atom. The molecule has 2 aliphatic carbocycles. The predicted octanol–water partition coefficient (Wildman–Crippen LogP) is 4.11. The van der Waals surface area contributed by atoms with Crippen LogP contribution in [0.15, 0.2) is 0 Å². The molecular weight excluding hydrogens is 262 g/mol. The molecule has 0 aromatic rings. The van der Waals surface area contributed by atoms with Crippen LogP contribution in [-0.4, -0.2) is 43.0 Å². The number of hydrogen-bond donors (Lipinski definition) is 0. The van der Waals surface area contributed by atoms with Crippen molar-refractivity contribution >= 4 is 0 Å². The van der Waals surface area contributed by atoms with Crippen molar-refractivity contribution in [1.82, 2.24) is 4.90 Å². The summed E-state index contributed by atoms with van der Waals surface area (Å²) in [7, 11) is 0. The Morgan fingerprint density at radius 3 is 1.71 bits per heavy atom. The van der Waals surface area contributed by atoms with Gasteiger partial charge in [-0.2, -0.15) is 0 Å². The molecule has 2 saturated carbocycles. The van der Waals surface area contributed by atoms with Crippen LogP contribution in [0.25, 0.3) is 0 Å². The lowest BCUT2D eigenvalue weighted by atomic mass is 9.88. The fourth-order valence-corrected chi connectivity index (χ4v) is 4.45. The average Bonchev–Trinajstić information content (AvgIpc) is 2.58. The third-order valence-corrected chi connectivity index (χ3v) is 5.61. The average molecular weight is 295 g/mol. The van der Waals surface area contributed by atoms with E-state index in [1.54, 1.807) is 0 Å². The van der Waals surface area contributed by atoms with Crippen LogP contribution >= 0.6 is 0 Å². The zero-order chi connectivity index (χ0) is 14.3. The van der Waals surface area contributed by atoms with Crippen molar-refractivity contribution in [2.45, 2.75) is 95.4 Å². The molecule has 0 radical (unpaired) electrons. The van der Waals surface area contributed by atoms with Crippen molar-refractivity contribution in [2.75, 3.05) is 19.8 Å². The van der Waals surface area contributed by atoms with Crippen LogP contribution in [0.1, 0.15) is 77.0 Å². The normalized spacial score (nSPS) is 27.3. The lowest BCUT2D eigenvalue weighted by Crippen LogP contribution is -2.46. The van der Waals surface area contributed by atoms with E-state index in [1.807, 2.05) is 0 Å². The first-order chi connectivity index (χ1) is 10.4. The van der Waals surface area contributed by atoms with Gasteiger partial charge in [-0.05, 0) is 32.1 Å². The van der Waals surface area contributed by atoms with Gasteiger partial charge in [0.15, 0.2) is 6.29 Å². The highest BCUT2D eigenvalue weighted by Crippen LogP contribution is 2.30. The zero-order valence-electron chi connectivity index (χ0n) is 13.6. The van der Waals surface area contributed by atoms with Gasteiger partial charge in [0.2, 0.25) is 0 Å². The first-order valence-corrected chi connectivity index (χ1v) is 9.42. The van der Waals surface area contributed by atoms with Gasteiger partial charge >= 0.3 is 0 Å². The topological polar surface area (TPSA) is 21.7 Å². The molecule has 0 aromatic carbocycles. The molecule has 122 valence electrons. The minimum atomic E-state index is 0.0634. The molecule has 3 aliphatic rings. The van der Waals surface area contributed by atoms with Crippen LogP contribution in [0.5, 0.6) is 0 Å². The Hall–Kier alpha value is -0.120. The molecule has 1 saturated heterocycles. The highest BCUT2D eigenvalue weighted by Gasteiger charge is 2.29. The first-order valence-electron chi connectivity index (χ1n) is 9.42. The van der Waals surface area contributed by atoms with Crippen LogP contribution in [0.4, 0.5) is 0 Å². The Kier molecular flexibility index (Phi) is 6.38. The molecule has 3 rings (SSSR count). The van der Waals surface area contributed by atoms with E-state index in [4.69, 9.17) is 9.47 Å². The lowest BCUT2D eigenvalue weighted by molar-refractivity contribution is -0.184. The van der Waals surface area contributed by atoms with Gasteiger partial charge in [-0.1, -0.05) is 38.5 Å². The molecule has 1 heterocycles. The number of nitrogens with zero attached hydrogens (tertiary/aromatic N) is 1. The third-order valence-electron chi connectivity index (χ3n) is 5.61. The number of ether oxygens (including phenoxy) is 2. The SMILES string of the molecule is C1CCC(N(CCC2OCCCO2)C2CCCCC2)CC1. The predicted molar refractivity (Wildman–Crippen MR) is 85.4 cm³/mol. The van der Waals surface area contributed by atoms with Gasteiger partial charge in [-0.3, -0.25) is 4.90 Å². The molecule has 3 nitrogen and oxygen atoms in total. The zero-order valence-corrected chi connectivity index (χ0v) is 13.6. The van der Waals surface area contributed by atoms with Crippen molar-refractivity contribution in [2.24, 2.45) is 0 Å². The summed E-state index contributed by atoms with van der Waals surface area (Å²) in [6.45, 7) is 2.95. The highest BCUT2D eigenvalue weighted by molar-refractivity contribution is 4.84. The van der Waals surface area contributed by atoms with Crippen molar-refractivity contribution < 1.29 is 9.47 Å².